The van der Waals surface area contributed by atoms with Crippen molar-refractivity contribution in [2.24, 2.45) is 5.92 Å². The van der Waals surface area contributed by atoms with Gasteiger partial charge in [-0.2, -0.15) is 4.98 Å². The van der Waals surface area contributed by atoms with Crippen LogP contribution in [0.5, 0.6) is 11.8 Å². The SMILES string of the molecule is COc1nc(N2CCC(COc3cnccn3)C2)ncc1Br. The van der Waals surface area contributed by atoms with Gasteiger partial charge in [0.25, 0.3) is 0 Å². The molecule has 0 aromatic carbocycles. The number of hydrogen-bond donors (Lipinski definition) is 0. The highest BCUT2D eigenvalue weighted by molar-refractivity contribution is 9.10. The molecule has 2 aromatic rings. The number of aromatic nitrogens is 4. The smallest absolute Gasteiger partial charge is 0.232 e. The van der Waals surface area contributed by atoms with E-state index >= 15 is 0 Å². The molecule has 0 bridgehead atoms. The van der Waals surface area contributed by atoms with E-state index in [-0.39, 0.29) is 0 Å². The molecule has 0 N–H and O–H groups in total. The number of nitrogens with zero attached hydrogens (tertiary/aromatic N) is 5. The van der Waals surface area contributed by atoms with E-state index in [4.69, 9.17) is 9.47 Å². The van der Waals surface area contributed by atoms with Crippen LogP contribution in [0, 0.1) is 5.92 Å². The fraction of sp³-hybridized carbons (Fsp3) is 0.429. The average molecular weight is 366 g/mol. The maximum Gasteiger partial charge on any atom is 0.232 e. The second-order valence-corrected chi connectivity index (χ2v) is 5.84. The Morgan fingerprint density at radius 1 is 1.32 bits per heavy atom. The zero-order valence-electron chi connectivity index (χ0n) is 12.1. The molecule has 1 aliphatic rings. The van der Waals surface area contributed by atoms with Gasteiger partial charge in [0.1, 0.15) is 0 Å². The number of ether oxygens (including phenoxy) is 2. The van der Waals surface area contributed by atoms with Crippen LogP contribution in [0.1, 0.15) is 6.42 Å². The lowest BCUT2D eigenvalue weighted by Gasteiger charge is -2.17. The molecule has 3 heterocycles. The minimum atomic E-state index is 0.417. The third kappa shape index (κ3) is 3.44. The molecule has 1 saturated heterocycles. The van der Waals surface area contributed by atoms with Gasteiger partial charge in [-0.05, 0) is 22.4 Å². The van der Waals surface area contributed by atoms with E-state index in [0.29, 0.717) is 30.2 Å². The Kier molecular flexibility index (Phi) is 4.67. The molecule has 1 fully saturated rings. The van der Waals surface area contributed by atoms with Crippen LogP contribution in [0.3, 0.4) is 0 Å². The Morgan fingerprint density at radius 3 is 3.00 bits per heavy atom. The van der Waals surface area contributed by atoms with Gasteiger partial charge in [-0.3, -0.25) is 4.98 Å². The van der Waals surface area contributed by atoms with Gasteiger partial charge in [0.2, 0.25) is 17.7 Å². The second kappa shape index (κ2) is 6.87. The van der Waals surface area contributed by atoms with Crippen LogP contribution in [0.15, 0.2) is 29.3 Å². The van der Waals surface area contributed by atoms with Gasteiger partial charge in [-0.15, -0.1) is 0 Å². The van der Waals surface area contributed by atoms with Crippen LogP contribution in [0.2, 0.25) is 0 Å². The molecule has 8 heteroatoms. The van der Waals surface area contributed by atoms with Gasteiger partial charge in [-0.25, -0.2) is 9.97 Å². The topological polar surface area (TPSA) is 73.3 Å². The highest BCUT2D eigenvalue weighted by Crippen LogP contribution is 2.26. The minimum absolute atomic E-state index is 0.417. The molecule has 3 rings (SSSR count). The number of methoxy groups -OCH3 is 1. The van der Waals surface area contributed by atoms with Gasteiger partial charge in [-0.1, -0.05) is 0 Å². The van der Waals surface area contributed by atoms with E-state index in [0.717, 1.165) is 24.0 Å². The molecular formula is C14H16BrN5O2. The first-order chi connectivity index (χ1) is 10.8. The van der Waals surface area contributed by atoms with E-state index in [9.17, 15) is 0 Å². The van der Waals surface area contributed by atoms with Gasteiger partial charge in [0.15, 0.2) is 0 Å². The highest BCUT2D eigenvalue weighted by atomic mass is 79.9. The summed E-state index contributed by atoms with van der Waals surface area (Å²) >= 11 is 3.36. The van der Waals surface area contributed by atoms with Crippen molar-refractivity contribution < 1.29 is 9.47 Å². The van der Waals surface area contributed by atoms with Gasteiger partial charge in [0, 0.05) is 31.4 Å². The summed E-state index contributed by atoms with van der Waals surface area (Å²) in [5.74, 6) is 2.20. The molecule has 0 aliphatic carbocycles. The summed E-state index contributed by atoms with van der Waals surface area (Å²) in [5.41, 5.74) is 0. The Balaban J connectivity index is 1.58. The molecule has 7 nitrogen and oxygen atoms in total. The lowest BCUT2D eigenvalue weighted by Crippen LogP contribution is -2.24. The third-order valence-corrected chi connectivity index (χ3v) is 4.01. The first-order valence-corrected chi connectivity index (χ1v) is 7.76. The average Bonchev–Trinajstić information content (AvgIpc) is 3.03. The summed E-state index contributed by atoms with van der Waals surface area (Å²) in [6.45, 7) is 2.37. The molecule has 1 unspecified atom stereocenters. The molecule has 0 saturated carbocycles. The van der Waals surface area contributed by atoms with Gasteiger partial charge < -0.3 is 14.4 Å². The largest absolute Gasteiger partial charge is 0.480 e. The summed E-state index contributed by atoms with van der Waals surface area (Å²) in [7, 11) is 1.60. The highest BCUT2D eigenvalue weighted by Gasteiger charge is 2.25. The quantitative estimate of drug-likeness (QED) is 0.801. The summed E-state index contributed by atoms with van der Waals surface area (Å²) < 4.78 is 11.6. The summed E-state index contributed by atoms with van der Waals surface area (Å²) in [6, 6.07) is 0. The normalized spacial score (nSPS) is 17.5. The minimum Gasteiger partial charge on any atom is -0.480 e. The van der Waals surface area contributed by atoms with Crippen molar-refractivity contribution in [2.75, 3.05) is 31.7 Å². The number of hydrogen-bond acceptors (Lipinski definition) is 7. The second-order valence-electron chi connectivity index (χ2n) is 4.98. The van der Waals surface area contributed by atoms with Crippen LogP contribution in [-0.2, 0) is 0 Å². The van der Waals surface area contributed by atoms with Gasteiger partial charge in [0.05, 0.1) is 30.6 Å². The maximum absolute atomic E-state index is 5.66. The van der Waals surface area contributed by atoms with Crippen molar-refractivity contribution in [3.05, 3.63) is 29.3 Å². The standard InChI is InChI=1S/C14H16BrN5O2/c1-21-13-11(15)6-18-14(19-13)20-5-2-10(8-20)9-22-12-7-16-3-4-17-12/h3-4,6-7,10H,2,5,8-9H2,1H3. The van der Waals surface area contributed by atoms with Crippen molar-refractivity contribution >= 4 is 21.9 Å². The molecule has 0 spiro atoms. The van der Waals surface area contributed by atoms with Crippen molar-refractivity contribution in [3.8, 4) is 11.8 Å². The predicted octanol–water partition coefficient (Wildman–Crippen LogP) is 1.94. The predicted molar refractivity (Wildman–Crippen MR) is 84.1 cm³/mol. The molecule has 116 valence electrons. The molecule has 22 heavy (non-hydrogen) atoms. The van der Waals surface area contributed by atoms with E-state index in [1.807, 2.05) is 0 Å². The number of halogens is 1. The Labute approximate surface area is 136 Å². The van der Waals surface area contributed by atoms with Crippen molar-refractivity contribution in [2.45, 2.75) is 6.42 Å². The van der Waals surface area contributed by atoms with Crippen LogP contribution >= 0.6 is 15.9 Å². The summed E-state index contributed by atoms with van der Waals surface area (Å²) in [4.78, 5) is 19.0. The zero-order valence-corrected chi connectivity index (χ0v) is 13.7. The fourth-order valence-electron chi connectivity index (χ4n) is 2.35. The first kappa shape index (κ1) is 15.0. The lowest BCUT2D eigenvalue weighted by atomic mass is 10.1. The Bertz CT molecular complexity index is 628. The maximum atomic E-state index is 5.66. The summed E-state index contributed by atoms with van der Waals surface area (Å²) in [5, 5.41) is 0. The Morgan fingerprint density at radius 2 is 2.23 bits per heavy atom. The van der Waals surface area contributed by atoms with E-state index in [1.54, 1.807) is 31.9 Å². The fourth-order valence-corrected chi connectivity index (χ4v) is 2.70. The number of rotatable bonds is 5. The van der Waals surface area contributed by atoms with Gasteiger partial charge >= 0.3 is 0 Å². The zero-order chi connectivity index (χ0) is 15.4. The molecule has 1 atom stereocenters. The third-order valence-electron chi connectivity index (χ3n) is 3.47. The Hall–Kier alpha value is -1.96. The first-order valence-electron chi connectivity index (χ1n) is 6.96. The molecule has 2 aromatic heterocycles. The molecule has 0 amide bonds. The van der Waals surface area contributed by atoms with Crippen molar-refractivity contribution in [1.82, 2.24) is 19.9 Å². The molecule has 0 radical (unpaired) electrons. The number of anilines is 1. The summed E-state index contributed by atoms with van der Waals surface area (Å²) in [6.07, 6.45) is 7.61. The molecular weight excluding hydrogens is 350 g/mol. The monoisotopic (exact) mass is 365 g/mol. The van der Waals surface area contributed by atoms with Crippen LogP contribution < -0.4 is 14.4 Å². The van der Waals surface area contributed by atoms with Crippen molar-refractivity contribution in [1.29, 1.82) is 0 Å². The lowest BCUT2D eigenvalue weighted by molar-refractivity contribution is 0.251. The van der Waals surface area contributed by atoms with E-state index in [2.05, 4.69) is 40.8 Å². The molecule has 1 aliphatic heterocycles. The van der Waals surface area contributed by atoms with E-state index in [1.165, 1.54) is 0 Å². The van der Waals surface area contributed by atoms with Crippen molar-refractivity contribution in [3.63, 3.8) is 0 Å². The van der Waals surface area contributed by atoms with Crippen LogP contribution in [0.25, 0.3) is 0 Å². The van der Waals surface area contributed by atoms with Crippen LogP contribution in [0.4, 0.5) is 5.95 Å². The van der Waals surface area contributed by atoms with Crippen LogP contribution in [-0.4, -0.2) is 46.7 Å². The van der Waals surface area contributed by atoms with E-state index < -0.39 is 0 Å².